The van der Waals surface area contributed by atoms with Crippen LogP contribution < -0.4 is 0 Å². The van der Waals surface area contributed by atoms with Crippen molar-refractivity contribution in [3.63, 3.8) is 0 Å². The van der Waals surface area contributed by atoms with Gasteiger partial charge in [0.25, 0.3) is 5.89 Å². The van der Waals surface area contributed by atoms with Crippen LogP contribution in [0.1, 0.15) is 25.2 Å². The number of nitrogens with zero attached hydrogens (tertiary/aromatic N) is 5. The van der Waals surface area contributed by atoms with E-state index < -0.39 is 0 Å². The number of furan rings is 1. The van der Waals surface area contributed by atoms with Gasteiger partial charge in [-0.3, -0.25) is 14.6 Å². The molecule has 0 spiro atoms. The van der Waals surface area contributed by atoms with Gasteiger partial charge in [0.1, 0.15) is 0 Å². The van der Waals surface area contributed by atoms with Gasteiger partial charge in [0.05, 0.1) is 19.4 Å². The zero-order valence-corrected chi connectivity index (χ0v) is 15.0. The van der Waals surface area contributed by atoms with Crippen molar-refractivity contribution in [3.8, 4) is 11.7 Å². The number of carbonyl (C=O) groups is 1. The summed E-state index contributed by atoms with van der Waals surface area (Å²) in [5.74, 6) is 1.87. The van der Waals surface area contributed by atoms with E-state index in [2.05, 4.69) is 20.0 Å². The Bertz CT molecular complexity index is 700. The monoisotopic (exact) mass is 359 g/mol. The average molecular weight is 359 g/mol. The van der Waals surface area contributed by atoms with Gasteiger partial charge in [-0.25, -0.2) is 0 Å². The predicted octanol–water partition coefficient (Wildman–Crippen LogP) is 1.46. The maximum atomic E-state index is 12.4. The van der Waals surface area contributed by atoms with E-state index in [1.807, 2.05) is 4.90 Å². The zero-order chi connectivity index (χ0) is 17.8. The van der Waals surface area contributed by atoms with Crippen LogP contribution >= 0.6 is 0 Å². The normalized spacial score (nSPS) is 19.8. The maximum Gasteiger partial charge on any atom is 0.283 e. The minimum absolute atomic E-state index is 0.276. The minimum atomic E-state index is 0.276. The summed E-state index contributed by atoms with van der Waals surface area (Å²) in [6.07, 6.45) is 5.12. The van der Waals surface area contributed by atoms with Crippen molar-refractivity contribution in [2.24, 2.45) is 0 Å². The van der Waals surface area contributed by atoms with E-state index in [-0.39, 0.29) is 5.91 Å². The number of likely N-dealkylation sites (tertiary alicyclic amines) is 1. The molecule has 0 atom stereocenters. The summed E-state index contributed by atoms with van der Waals surface area (Å²) in [6, 6.07) is 3.60. The van der Waals surface area contributed by atoms with Crippen molar-refractivity contribution in [2.75, 3.05) is 45.8 Å². The first-order valence-electron chi connectivity index (χ1n) is 9.37. The second-order valence-corrected chi connectivity index (χ2v) is 6.97. The first-order valence-corrected chi connectivity index (χ1v) is 9.37. The third-order valence-electron chi connectivity index (χ3n) is 5.09. The molecule has 1 amide bonds. The fourth-order valence-corrected chi connectivity index (χ4v) is 3.55. The van der Waals surface area contributed by atoms with Crippen LogP contribution in [0.15, 0.2) is 27.2 Å². The third-order valence-corrected chi connectivity index (χ3v) is 5.09. The van der Waals surface area contributed by atoms with Gasteiger partial charge >= 0.3 is 0 Å². The first-order chi connectivity index (χ1) is 12.8. The fourth-order valence-electron chi connectivity index (χ4n) is 3.55. The van der Waals surface area contributed by atoms with Gasteiger partial charge in [-0.1, -0.05) is 0 Å². The van der Waals surface area contributed by atoms with Crippen molar-refractivity contribution in [3.05, 3.63) is 24.3 Å². The standard InChI is InChI=1S/C18H25N5O3/c24-17(23-6-2-1-3-7-23)14-22-10-8-21(9-11-22)13-16-19-20-18(26-16)15-5-4-12-25-15/h4-5,12H,1-3,6-11,13-14H2. The molecule has 2 aliphatic rings. The molecule has 0 saturated carbocycles. The molecule has 2 fully saturated rings. The van der Waals surface area contributed by atoms with Gasteiger partial charge in [0.15, 0.2) is 5.76 Å². The number of rotatable bonds is 5. The van der Waals surface area contributed by atoms with Gasteiger partial charge in [-0.05, 0) is 31.4 Å². The first kappa shape index (κ1) is 17.2. The summed E-state index contributed by atoms with van der Waals surface area (Å²) in [7, 11) is 0. The average Bonchev–Trinajstić information content (AvgIpc) is 3.36. The Morgan fingerprint density at radius 2 is 1.77 bits per heavy atom. The van der Waals surface area contributed by atoms with Gasteiger partial charge in [-0.2, -0.15) is 0 Å². The Hall–Kier alpha value is -2.19. The van der Waals surface area contributed by atoms with E-state index in [0.29, 0.717) is 30.6 Å². The summed E-state index contributed by atoms with van der Waals surface area (Å²) in [4.78, 5) is 18.9. The van der Waals surface area contributed by atoms with E-state index in [1.54, 1.807) is 18.4 Å². The second-order valence-electron chi connectivity index (χ2n) is 6.97. The second kappa shape index (κ2) is 8.01. The van der Waals surface area contributed by atoms with E-state index in [9.17, 15) is 4.79 Å². The van der Waals surface area contributed by atoms with Crippen molar-refractivity contribution in [1.29, 1.82) is 0 Å². The Labute approximate surface area is 152 Å². The molecule has 0 aromatic carbocycles. The Morgan fingerprint density at radius 1 is 1.00 bits per heavy atom. The summed E-state index contributed by atoms with van der Waals surface area (Å²) in [5, 5.41) is 8.13. The molecule has 0 unspecified atom stereocenters. The lowest BCUT2D eigenvalue weighted by Gasteiger charge is -2.35. The van der Waals surface area contributed by atoms with Crippen molar-refractivity contribution < 1.29 is 13.6 Å². The lowest BCUT2D eigenvalue weighted by Crippen LogP contribution is -2.50. The summed E-state index contributed by atoms with van der Waals surface area (Å²) >= 11 is 0. The molecule has 2 saturated heterocycles. The van der Waals surface area contributed by atoms with E-state index >= 15 is 0 Å². The molecule has 8 heteroatoms. The van der Waals surface area contributed by atoms with Crippen molar-refractivity contribution in [2.45, 2.75) is 25.8 Å². The highest BCUT2D eigenvalue weighted by atomic mass is 16.4. The number of aromatic nitrogens is 2. The molecule has 0 N–H and O–H groups in total. The summed E-state index contributed by atoms with van der Waals surface area (Å²) < 4.78 is 10.9. The lowest BCUT2D eigenvalue weighted by molar-refractivity contribution is -0.133. The molecule has 26 heavy (non-hydrogen) atoms. The van der Waals surface area contributed by atoms with E-state index in [4.69, 9.17) is 8.83 Å². The molecule has 2 aromatic heterocycles. The van der Waals surface area contributed by atoms with Crippen molar-refractivity contribution >= 4 is 5.91 Å². The van der Waals surface area contributed by atoms with Crippen LogP contribution in [-0.4, -0.2) is 76.6 Å². The fraction of sp³-hybridized carbons (Fsp3) is 0.611. The van der Waals surface area contributed by atoms with Crippen LogP contribution in [0.5, 0.6) is 0 Å². The highest BCUT2D eigenvalue weighted by Gasteiger charge is 2.23. The summed E-state index contributed by atoms with van der Waals surface area (Å²) in [5.41, 5.74) is 0. The van der Waals surface area contributed by atoms with E-state index in [0.717, 1.165) is 52.1 Å². The zero-order valence-electron chi connectivity index (χ0n) is 15.0. The largest absolute Gasteiger partial charge is 0.459 e. The molecule has 2 aliphatic heterocycles. The number of hydrogen-bond donors (Lipinski definition) is 0. The summed E-state index contributed by atoms with van der Waals surface area (Å²) in [6.45, 7) is 6.58. The minimum Gasteiger partial charge on any atom is -0.459 e. The molecule has 0 radical (unpaired) electrons. The third kappa shape index (κ3) is 4.13. The van der Waals surface area contributed by atoms with Crippen LogP contribution in [0.2, 0.25) is 0 Å². The quantitative estimate of drug-likeness (QED) is 0.800. The maximum absolute atomic E-state index is 12.4. The van der Waals surface area contributed by atoms with Gasteiger partial charge in [-0.15, -0.1) is 10.2 Å². The lowest BCUT2D eigenvalue weighted by atomic mass is 10.1. The highest BCUT2D eigenvalue weighted by Crippen LogP contribution is 2.19. The molecule has 0 bridgehead atoms. The van der Waals surface area contributed by atoms with Crippen LogP contribution in [0, 0.1) is 0 Å². The topological polar surface area (TPSA) is 78.9 Å². The number of carbonyl (C=O) groups excluding carboxylic acids is 1. The molecule has 140 valence electrons. The number of hydrogen-bond acceptors (Lipinski definition) is 7. The Kier molecular flexibility index (Phi) is 5.31. The van der Waals surface area contributed by atoms with Crippen LogP contribution in [-0.2, 0) is 11.3 Å². The van der Waals surface area contributed by atoms with Crippen molar-refractivity contribution in [1.82, 2.24) is 24.9 Å². The van der Waals surface area contributed by atoms with Gasteiger partial charge < -0.3 is 13.7 Å². The molecular formula is C18H25N5O3. The van der Waals surface area contributed by atoms with Gasteiger partial charge in [0.2, 0.25) is 11.8 Å². The number of piperidine rings is 1. The highest BCUT2D eigenvalue weighted by molar-refractivity contribution is 5.78. The Morgan fingerprint density at radius 3 is 2.50 bits per heavy atom. The number of piperazine rings is 1. The molecule has 0 aliphatic carbocycles. The van der Waals surface area contributed by atoms with Crippen LogP contribution in [0.3, 0.4) is 0 Å². The predicted molar refractivity (Wildman–Crippen MR) is 94.1 cm³/mol. The Balaban J connectivity index is 1.23. The SMILES string of the molecule is O=C(CN1CCN(Cc2nnc(-c3ccco3)o2)CC1)N1CCCCC1. The number of amides is 1. The molecular weight excluding hydrogens is 334 g/mol. The van der Waals surface area contributed by atoms with E-state index in [1.165, 1.54) is 6.42 Å². The van der Waals surface area contributed by atoms with Crippen LogP contribution in [0.4, 0.5) is 0 Å². The molecule has 2 aromatic rings. The molecule has 4 rings (SSSR count). The molecule has 8 nitrogen and oxygen atoms in total. The molecule has 4 heterocycles. The van der Waals surface area contributed by atoms with Gasteiger partial charge in [0, 0.05) is 39.3 Å². The van der Waals surface area contributed by atoms with Crippen LogP contribution in [0.25, 0.3) is 11.7 Å². The smallest absolute Gasteiger partial charge is 0.283 e.